The smallest absolute Gasteiger partial charge is 0.223 e. The van der Waals surface area contributed by atoms with Gasteiger partial charge < -0.3 is 20.5 Å². The van der Waals surface area contributed by atoms with Gasteiger partial charge >= 0.3 is 0 Å². The second-order valence-corrected chi connectivity index (χ2v) is 5.10. The summed E-state index contributed by atoms with van der Waals surface area (Å²) >= 11 is 0. The predicted octanol–water partition coefficient (Wildman–Crippen LogP) is 2.28. The Labute approximate surface area is 136 Å². The summed E-state index contributed by atoms with van der Waals surface area (Å²) in [5, 5.41) is 2.82. The molecule has 0 aliphatic rings. The average Bonchev–Trinajstić information content (AvgIpc) is 2.61. The van der Waals surface area contributed by atoms with Crippen LogP contribution in [0, 0.1) is 0 Å². The lowest BCUT2D eigenvalue weighted by atomic mass is 10.1. The molecule has 3 N–H and O–H groups in total. The number of methoxy groups -OCH3 is 1. The fourth-order valence-corrected chi connectivity index (χ4v) is 2.06. The Morgan fingerprint density at radius 2 is 1.74 bits per heavy atom. The number of nitrogens with two attached hydrogens (primary N) is 1. The summed E-state index contributed by atoms with van der Waals surface area (Å²) < 4.78 is 10.6. The van der Waals surface area contributed by atoms with Gasteiger partial charge in [0.2, 0.25) is 5.91 Å². The van der Waals surface area contributed by atoms with E-state index in [1.54, 1.807) is 7.11 Å². The van der Waals surface area contributed by atoms with Gasteiger partial charge in [-0.2, -0.15) is 0 Å². The fourth-order valence-electron chi connectivity index (χ4n) is 2.06. The zero-order valence-electron chi connectivity index (χ0n) is 13.2. The van der Waals surface area contributed by atoms with E-state index in [0.717, 1.165) is 11.3 Å². The molecular formula is C18H22N2O3. The number of carbonyl (C=O) groups is 1. The fraction of sp³-hybridized carbons (Fsp3) is 0.278. The SMILES string of the molecule is COc1ccc(OCCC(=O)NCC(N)c2ccccc2)cc1. The van der Waals surface area contributed by atoms with E-state index in [4.69, 9.17) is 15.2 Å². The summed E-state index contributed by atoms with van der Waals surface area (Å²) in [6.07, 6.45) is 0.285. The Balaban J connectivity index is 1.66. The summed E-state index contributed by atoms with van der Waals surface area (Å²) in [5.74, 6) is 1.40. The van der Waals surface area contributed by atoms with Crippen molar-refractivity contribution < 1.29 is 14.3 Å². The largest absolute Gasteiger partial charge is 0.497 e. The summed E-state index contributed by atoms with van der Waals surface area (Å²) in [4.78, 5) is 11.8. The van der Waals surface area contributed by atoms with Crippen molar-refractivity contribution in [2.24, 2.45) is 5.73 Å². The van der Waals surface area contributed by atoms with Crippen molar-refractivity contribution in [3.8, 4) is 11.5 Å². The number of nitrogens with one attached hydrogen (secondary N) is 1. The molecule has 0 fully saturated rings. The Hall–Kier alpha value is -2.53. The molecule has 1 amide bonds. The van der Waals surface area contributed by atoms with Crippen LogP contribution in [0.2, 0.25) is 0 Å². The Kier molecular flexibility index (Phi) is 6.44. The zero-order valence-corrected chi connectivity index (χ0v) is 13.2. The number of ether oxygens (including phenoxy) is 2. The predicted molar refractivity (Wildman–Crippen MR) is 89.5 cm³/mol. The molecule has 2 aromatic rings. The van der Waals surface area contributed by atoms with Crippen molar-refractivity contribution in [1.29, 1.82) is 0 Å². The monoisotopic (exact) mass is 314 g/mol. The van der Waals surface area contributed by atoms with Crippen LogP contribution in [-0.2, 0) is 4.79 Å². The van der Waals surface area contributed by atoms with Crippen molar-refractivity contribution in [3.63, 3.8) is 0 Å². The third-order valence-corrected chi connectivity index (χ3v) is 3.40. The summed E-state index contributed by atoms with van der Waals surface area (Å²) in [7, 11) is 1.61. The van der Waals surface area contributed by atoms with Gasteiger partial charge in [0.15, 0.2) is 0 Å². The first-order chi connectivity index (χ1) is 11.2. The molecule has 0 radical (unpaired) electrons. The first kappa shape index (κ1) is 16.8. The van der Waals surface area contributed by atoms with Crippen molar-refractivity contribution >= 4 is 5.91 Å². The van der Waals surface area contributed by atoms with Crippen molar-refractivity contribution in [2.75, 3.05) is 20.3 Å². The highest BCUT2D eigenvalue weighted by molar-refractivity contribution is 5.76. The van der Waals surface area contributed by atoms with Crippen LogP contribution in [-0.4, -0.2) is 26.2 Å². The zero-order chi connectivity index (χ0) is 16.5. The van der Waals surface area contributed by atoms with E-state index in [-0.39, 0.29) is 18.4 Å². The van der Waals surface area contributed by atoms with Gasteiger partial charge in [0.05, 0.1) is 20.1 Å². The molecule has 2 rings (SSSR count). The Bertz CT molecular complexity index is 599. The van der Waals surface area contributed by atoms with Crippen LogP contribution in [0.3, 0.4) is 0 Å². The van der Waals surface area contributed by atoms with Gasteiger partial charge in [-0.05, 0) is 29.8 Å². The second-order valence-electron chi connectivity index (χ2n) is 5.10. The standard InChI is InChI=1S/C18H22N2O3/c1-22-15-7-9-16(10-8-15)23-12-11-18(21)20-13-17(19)14-5-3-2-4-6-14/h2-10,17H,11-13,19H2,1H3,(H,20,21). The summed E-state index contributed by atoms with van der Waals surface area (Å²) in [5.41, 5.74) is 7.03. The minimum atomic E-state index is -0.206. The first-order valence-electron chi connectivity index (χ1n) is 7.53. The molecule has 0 aliphatic carbocycles. The van der Waals surface area contributed by atoms with E-state index in [9.17, 15) is 4.79 Å². The highest BCUT2D eigenvalue weighted by atomic mass is 16.5. The average molecular weight is 314 g/mol. The van der Waals surface area contributed by atoms with E-state index in [1.807, 2.05) is 54.6 Å². The minimum absolute atomic E-state index is 0.0788. The topological polar surface area (TPSA) is 73.6 Å². The molecule has 0 aromatic heterocycles. The van der Waals surface area contributed by atoms with E-state index >= 15 is 0 Å². The van der Waals surface area contributed by atoms with Gasteiger partial charge in [-0.15, -0.1) is 0 Å². The van der Waals surface area contributed by atoms with Gasteiger partial charge in [0, 0.05) is 12.6 Å². The van der Waals surface area contributed by atoms with Gasteiger partial charge in [-0.1, -0.05) is 30.3 Å². The van der Waals surface area contributed by atoms with Gasteiger partial charge in [-0.3, -0.25) is 4.79 Å². The molecule has 0 heterocycles. The molecule has 0 spiro atoms. The first-order valence-corrected chi connectivity index (χ1v) is 7.53. The van der Waals surface area contributed by atoms with Crippen molar-refractivity contribution in [3.05, 3.63) is 60.2 Å². The third kappa shape index (κ3) is 5.64. The van der Waals surface area contributed by atoms with E-state index in [2.05, 4.69) is 5.32 Å². The number of carbonyl (C=O) groups excluding carboxylic acids is 1. The minimum Gasteiger partial charge on any atom is -0.497 e. The number of amides is 1. The number of hydrogen-bond donors (Lipinski definition) is 2. The molecule has 0 saturated heterocycles. The second kappa shape index (κ2) is 8.80. The van der Waals surface area contributed by atoms with Crippen molar-refractivity contribution in [2.45, 2.75) is 12.5 Å². The van der Waals surface area contributed by atoms with Crippen LogP contribution in [0.1, 0.15) is 18.0 Å². The number of rotatable bonds is 8. The van der Waals surface area contributed by atoms with Crippen molar-refractivity contribution in [1.82, 2.24) is 5.32 Å². The normalized spacial score (nSPS) is 11.6. The quantitative estimate of drug-likeness (QED) is 0.784. The van der Waals surface area contributed by atoms with Gasteiger partial charge in [0.25, 0.3) is 0 Å². The van der Waals surface area contributed by atoms with E-state index in [1.165, 1.54) is 0 Å². The van der Waals surface area contributed by atoms with Crippen LogP contribution in [0.15, 0.2) is 54.6 Å². The van der Waals surface area contributed by atoms with Gasteiger partial charge in [0.1, 0.15) is 11.5 Å². The number of benzene rings is 2. The third-order valence-electron chi connectivity index (χ3n) is 3.40. The van der Waals surface area contributed by atoms with Crippen LogP contribution in [0.25, 0.3) is 0 Å². The molecular weight excluding hydrogens is 292 g/mol. The molecule has 5 heteroatoms. The van der Waals surface area contributed by atoms with Crippen LogP contribution < -0.4 is 20.5 Å². The highest BCUT2D eigenvalue weighted by Gasteiger charge is 2.08. The van der Waals surface area contributed by atoms with Crippen LogP contribution in [0.4, 0.5) is 0 Å². The lowest BCUT2D eigenvalue weighted by Crippen LogP contribution is -2.32. The van der Waals surface area contributed by atoms with E-state index in [0.29, 0.717) is 18.9 Å². The molecule has 1 unspecified atom stereocenters. The van der Waals surface area contributed by atoms with Gasteiger partial charge in [-0.25, -0.2) is 0 Å². The molecule has 23 heavy (non-hydrogen) atoms. The molecule has 0 bridgehead atoms. The molecule has 0 aliphatic heterocycles. The molecule has 122 valence electrons. The van der Waals surface area contributed by atoms with E-state index < -0.39 is 0 Å². The van der Waals surface area contributed by atoms with Crippen LogP contribution in [0.5, 0.6) is 11.5 Å². The molecule has 1 atom stereocenters. The molecule has 5 nitrogen and oxygen atoms in total. The maximum Gasteiger partial charge on any atom is 0.223 e. The maximum absolute atomic E-state index is 11.8. The Morgan fingerprint density at radius 3 is 2.39 bits per heavy atom. The molecule has 2 aromatic carbocycles. The molecule has 0 saturated carbocycles. The van der Waals surface area contributed by atoms with Crippen LogP contribution >= 0.6 is 0 Å². The summed E-state index contributed by atoms with van der Waals surface area (Å²) in [6.45, 7) is 0.726. The lowest BCUT2D eigenvalue weighted by molar-refractivity contribution is -0.121. The maximum atomic E-state index is 11.8. The highest BCUT2D eigenvalue weighted by Crippen LogP contribution is 2.17. The Morgan fingerprint density at radius 1 is 1.09 bits per heavy atom. The summed E-state index contributed by atoms with van der Waals surface area (Å²) in [6, 6.07) is 16.7. The number of hydrogen-bond acceptors (Lipinski definition) is 4. The lowest BCUT2D eigenvalue weighted by Gasteiger charge is -2.13.